The summed E-state index contributed by atoms with van der Waals surface area (Å²) in [5.41, 5.74) is 2.90. The van der Waals surface area contributed by atoms with Gasteiger partial charge in [-0.25, -0.2) is 0 Å². The van der Waals surface area contributed by atoms with Crippen LogP contribution in [-0.4, -0.2) is 62.6 Å². The molecule has 1 saturated heterocycles. The molecule has 4 rings (SSSR count). The third kappa shape index (κ3) is 4.33. The van der Waals surface area contributed by atoms with Gasteiger partial charge in [0.05, 0.1) is 7.11 Å². The van der Waals surface area contributed by atoms with E-state index in [-0.39, 0.29) is 0 Å². The van der Waals surface area contributed by atoms with E-state index < -0.39 is 0 Å². The van der Waals surface area contributed by atoms with Crippen molar-refractivity contribution in [3.05, 3.63) is 51.7 Å². The summed E-state index contributed by atoms with van der Waals surface area (Å²) in [6.07, 6.45) is 2.36. The number of guanidine groups is 1. The highest BCUT2D eigenvalue weighted by Crippen LogP contribution is 2.28. The maximum absolute atomic E-state index is 5.27. The highest BCUT2D eigenvalue weighted by Gasteiger charge is 2.26. The van der Waals surface area contributed by atoms with Crippen molar-refractivity contribution in [2.45, 2.75) is 25.3 Å². The van der Waals surface area contributed by atoms with Crippen molar-refractivity contribution in [3.63, 3.8) is 0 Å². The Kier molecular flexibility index (Phi) is 6.17. The highest BCUT2D eigenvalue weighted by molar-refractivity contribution is 7.10. The fourth-order valence-corrected chi connectivity index (χ4v) is 5.15. The molecule has 0 aliphatic carbocycles. The minimum atomic E-state index is 0.559. The molecule has 3 heterocycles. The van der Waals surface area contributed by atoms with Gasteiger partial charge in [-0.05, 0) is 47.5 Å². The monoisotopic (exact) mass is 398 g/mol. The number of rotatable bonds is 5. The number of nitrogens with zero attached hydrogens (tertiary/aromatic N) is 3. The molecule has 1 fully saturated rings. The van der Waals surface area contributed by atoms with E-state index in [2.05, 4.69) is 55.8 Å². The number of hydrogen-bond acceptors (Lipinski definition) is 4. The first-order valence-corrected chi connectivity index (χ1v) is 11.0. The number of aliphatic imine (C=N–C) groups is 1. The van der Waals surface area contributed by atoms with Gasteiger partial charge in [-0.3, -0.25) is 9.89 Å². The Bertz CT molecular complexity index is 801. The molecule has 5 nitrogen and oxygen atoms in total. The maximum atomic E-state index is 5.27. The molecule has 150 valence electrons. The van der Waals surface area contributed by atoms with E-state index in [1.807, 2.05) is 18.4 Å². The molecule has 1 aromatic carbocycles. The minimum absolute atomic E-state index is 0.559. The van der Waals surface area contributed by atoms with Crippen molar-refractivity contribution >= 4 is 17.3 Å². The lowest BCUT2D eigenvalue weighted by atomic mass is 9.98. The first-order chi connectivity index (χ1) is 13.8. The molecule has 0 spiro atoms. The van der Waals surface area contributed by atoms with Gasteiger partial charge >= 0.3 is 0 Å². The SMILES string of the molecule is CN=C(NCCN1CCc2sccc2C1)N1CCC(c2ccc(OC)cc2)C1. The van der Waals surface area contributed by atoms with E-state index in [1.54, 1.807) is 12.0 Å². The molecule has 2 aliphatic rings. The van der Waals surface area contributed by atoms with E-state index >= 15 is 0 Å². The summed E-state index contributed by atoms with van der Waals surface area (Å²) < 4.78 is 5.27. The molecular weight excluding hydrogens is 368 g/mol. The van der Waals surface area contributed by atoms with Crippen molar-refractivity contribution in [1.82, 2.24) is 15.1 Å². The smallest absolute Gasteiger partial charge is 0.193 e. The summed E-state index contributed by atoms with van der Waals surface area (Å²) in [7, 11) is 3.60. The Labute approximate surface area is 172 Å². The number of benzene rings is 1. The summed E-state index contributed by atoms with van der Waals surface area (Å²) in [4.78, 5) is 11.0. The molecule has 28 heavy (non-hydrogen) atoms. The standard InChI is InChI=1S/C22H30N4OS/c1-23-22(24-10-13-25-11-8-21-19(15-25)9-14-28-21)26-12-7-18(16-26)17-3-5-20(27-2)6-4-17/h3-6,9,14,18H,7-8,10-13,15-16H2,1-2H3,(H,23,24). The van der Waals surface area contributed by atoms with Crippen LogP contribution >= 0.6 is 11.3 Å². The molecule has 1 aromatic heterocycles. The molecule has 0 amide bonds. The van der Waals surface area contributed by atoms with Crippen molar-refractivity contribution in [1.29, 1.82) is 0 Å². The number of hydrogen-bond donors (Lipinski definition) is 1. The minimum Gasteiger partial charge on any atom is -0.497 e. The largest absolute Gasteiger partial charge is 0.497 e. The lowest BCUT2D eigenvalue weighted by Gasteiger charge is -2.28. The number of fused-ring (bicyclic) bond motifs is 1. The topological polar surface area (TPSA) is 40.1 Å². The van der Waals surface area contributed by atoms with Crippen LogP contribution in [0.5, 0.6) is 5.75 Å². The van der Waals surface area contributed by atoms with Crippen LogP contribution in [0.1, 0.15) is 28.3 Å². The van der Waals surface area contributed by atoms with Crippen LogP contribution in [0.25, 0.3) is 0 Å². The number of thiophene rings is 1. The predicted molar refractivity (Wildman–Crippen MR) is 117 cm³/mol. The van der Waals surface area contributed by atoms with Crippen molar-refractivity contribution in [2.24, 2.45) is 4.99 Å². The Hall–Kier alpha value is -2.05. The van der Waals surface area contributed by atoms with Crippen molar-refractivity contribution in [2.75, 3.05) is 46.9 Å². The molecule has 1 N–H and O–H groups in total. The normalized spacial score (nSPS) is 20.3. The zero-order valence-electron chi connectivity index (χ0n) is 16.9. The lowest BCUT2D eigenvalue weighted by molar-refractivity contribution is 0.259. The van der Waals surface area contributed by atoms with Crippen molar-refractivity contribution in [3.8, 4) is 5.75 Å². The lowest BCUT2D eigenvalue weighted by Crippen LogP contribution is -2.44. The van der Waals surface area contributed by atoms with E-state index in [4.69, 9.17) is 4.74 Å². The molecule has 0 saturated carbocycles. The summed E-state index contributed by atoms with van der Waals surface area (Å²) in [5.74, 6) is 2.51. The van der Waals surface area contributed by atoms with Gasteiger partial charge in [-0.1, -0.05) is 12.1 Å². The zero-order chi connectivity index (χ0) is 19.3. The fourth-order valence-electron chi connectivity index (χ4n) is 4.26. The van der Waals surface area contributed by atoms with Gasteiger partial charge in [0, 0.05) is 57.1 Å². The Morgan fingerprint density at radius 2 is 2.11 bits per heavy atom. The number of nitrogens with one attached hydrogen (secondary N) is 1. The van der Waals surface area contributed by atoms with Gasteiger partial charge in [-0.2, -0.15) is 0 Å². The molecule has 6 heteroatoms. The highest BCUT2D eigenvalue weighted by atomic mass is 32.1. The van der Waals surface area contributed by atoms with Crippen LogP contribution in [0.3, 0.4) is 0 Å². The van der Waals surface area contributed by atoms with Gasteiger partial charge < -0.3 is 15.0 Å². The van der Waals surface area contributed by atoms with Gasteiger partial charge in [0.25, 0.3) is 0 Å². The predicted octanol–water partition coefficient (Wildman–Crippen LogP) is 3.18. The molecule has 1 atom stereocenters. The second kappa shape index (κ2) is 8.97. The summed E-state index contributed by atoms with van der Waals surface area (Å²) in [6.45, 7) is 6.33. The number of ether oxygens (including phenoxy) is 1. The van der Waals surface area contributed by atoms with Crippen LogP contribution < -0.4 is 10.1 Å². The molecule has 1 unspecified atom stereocenters. The summed E-state index contributed by atoms with van der Waals surface area (Å²) >= 11 is 1.90. The second-order valence-corrected chi connectivity index (χ2v) is 8.57. The fraction of sp³-hybridized carbons (Fsp3) is 0.500. The summed E-state index contributed by atoms with van der Waals surface area (Å²) in [5, 5.41) is 5.81. The van der Waals surface area contributed by atoms with Gasteiger partial charge in [0.1, 0.15) is 5.75 Å². The number of likely N-dealkylation sites (tertiary alicyclic amines) is 1. The molecule has 0 bridgehead atoms. The first-order valence-electron chi connectivity index (χ1n) is 10.1. The first kappa shape index (κ1) is 19.3. The van der Waals surface area contributed by atoms with E-state index in [0.717, 1.165) is 51.0 Å². The van der Waals surface area contributed by atoms with E-state index in [0.29, 0.717) is 5.92 Å². The zero-order valence-corrected chi connectivity index (χ0v) is 17.7. The maximum Gasteiger partial charge on any atom is 0.193 e. The average Bonchev–Trinajstić information content (AvgIpc) is 3.40. The number of methoxy groups -OCH3 is 1. The third-order valence-corrected chi connectivity index (χ3v) is 6.91. The average molecular weight is 399 g/mol. The van der Waals surface area contributed by atoms with Gasteiger partial charge in [0.2, 0.25) is 0 Å². The third-order valence-electron chi connectivity index (χ3n) is 5.88. The van der Waals surface area contributed by atoms with Crippen molar-refractivity contribution < 1.29 is 4.74 Å². The van der Waals surface area contributed by atoms with Gasteiger partial charge in [-0.15, -0.1) is 11.3 Å². The second-order valence-electron chi connectivity index (χ2n) is 7.57. The quantitative estimate of drug-likeness (QED) is 0.620. The van der Waals surface area contributed by atoms with Crippen LogP contribution in [-0.2, 0) is 13.0 Å². The molecule has 0 radical (unpaired) electrons. The summed E-state index contributed by atoms with van der Waals surface area (Å²) in [6, 6.07) is 10.8. The Morgan fingerprint density at radius 1 is 1.25 bits per heavy atom. The molecular formula is C22H30N4OS. The Balaban J connectivity index is 1.25. The Morgan fingerprint density at radius 3 is 2.89 bits per heavy atom. The molecule has 2 aliphatic heterocycles. The van der Waals surface area contributed by atoms with Crippen LogP contribution in [0.4, 0.5) is 0 Å². The van der Waals surface area contributed by atoms with Crippen LogP contribution in [0.15, 0.2) is 40.7 Å². The van der Waals surface area contributed by atoms with E-state index in [1.165, 1.54) is 24.0 Å². The van der Waals surface area contributed by atoms with Gasteiger partial charge in [0.15, 0.2) is 5.96 Å². The van der Waals surface area contributed by atoms with Crippen LogP contribution in [0, 0.1) is 0 Å². The van der Waals surface area contributed by atoms with E-state index in [9.17, 15) is 0 Å². The molecule has 2 aromatic rings. The van der Waals surface area contributed by atoms with Crippen LogP contribution in [0.2, 0.25) is 0 Å².